The Balaban J connectivity index is 1.84. The first kappa shape index (κ1) is 15.2. The Labute approximate surface area is 138 Å². The van der Waals surface area contributed by atoms with Gasteiger partial charge in [0.25, 0.3) is 0 Å². The zero-order valence-electron chi connectivity index (χ0n) is 12.5. The molecule has 0 unspecified atom stereocenters. The summed E-state index contributed by atoms with van der Waals surface area (Å²) in [5.41, 5.74) is 0.830. The van der Waals surface area contributed by atoms with Gasteiger partial charge in [-0.2, -0.15) is 20.1 Å². The van der Waals surface area contributed by atoms with Crippen molar-refractivity contribution in [3.8, 4) is 17.6 Å². The van der Waals surface area contributed by atoms with Gasteiger partial charge < -0.3 is 9.47 Å². The predicted octanol–water partition coefficient (Wildman–Crippen LogP) is 2.61. The molecule has 0 saturated heterocycles. The second-order valence-electron chi connectivity index (χ2n) is 5.07. The van der Waals surface area contributed by atoms with E-state index in [9.17, 15) is 0 Å². The summed E-state index contributed by atoms with van der Waals surface area (Å²) in [6, 6.07) is 7.29. The predicted molar refractivity (Wildman–Crippen MR) is 86.5 cm³/mol. The van der Waals surface area contributed by atoms with Crippen LogP contribution in [0.5, 0.6) is 11.5 Å². The Hall–Kier alpha value is -2.66. The van der Waals surface area contributed by atoms with Crippen molar-refractivity contribution < 1.29 is 9.47 Å². The van der Waals surface area contributed by atoms with Crippen molar-refractivity contribution in [3.63, 3.8) is 0 Å². The Morgan fingerprint density at radius 1 is 1.52 bits per heavy atom. The number of aromatic amines is 1. The third kappa shape index (κ3) is 3.40. The van der Waals surface area contributed by atoms with Crippen molar-refractivity contribution in [2.75, 3.05) is 13.7 Å². The summed E-state index contributed by atoms with van der Waals surface area (Å²) >= 11 is 5.21. The lowest BCUT2D eigenvalue weighted by molar-refractivity contribution is 0.329. The minimum atomic E-state index is -0.0290. The van der Waals surface area contributed by atoms with Crippen LogP contribution in [0.4, 0.5) is 0 Å². The number of ether oxygens (including phenoxy) is 2. The van der Waals surface area contributed by atoms with Gasteiger partial charge >= 0.3 is 0 Å². The Kier molecular flexibility index (Phi) is 4.39. The van der Waals surface area contributed by atoms with E-state index in [0.717, 1.165) is 24.2 Å². The third-order valence-corrected chi connectivity index (χ3v) is 3.68. The zero-order chi connectivity index (χ0) is 16.2. The van der Waals surface area contributed by atoms with E-state index in [0.29, 0.717) is 22.2 Å². The second kappa shape index (κ2) is 6.62. The minimum Gasteiger partial charge on any atom is -0.493 e. The monoisotopic (exact) mass is 329 g/mol. The Morgan fingerprint density at radius 2 is 2.35 bits per heavy atom. The quantitative estimate of drug-likeness (QED) is 0.650. The fourth-order valence-corrected chi connectivity index (χ4v) is 2.33. The average molecular weight is 329 g/mol. The summed E-state index contributed by atoms with van der Waals surface area (Å²) in [5.74, 6) is 2.37. The van der Waals surface area contributed by atoms with Gasteiger partial charge in [-0.15, -0.1) is 0 Å². The molecule has 1 fully saturated rings. The van der Waals surface area contributed by atoms with Gasteiger partial charge in [0.15, 0.2) is 23.9 Å². The van der Waals surface area contributed by atoms with Crippen molar-refractivity contribution in [2.24, 2.45) is 5.10 Å². The number of nitrogens with one attached hydrogen (secondary N) is 1. The first-order valence-corrected chi connectivity index (χ1v) is 7.53. The first-order valence-electron chi connectivity index (χ1n) is 7.12. The van der Waals surface area contributed by atoms with E-state index in [-0.39, 0.29) is 6.61 Å². The lowest BCUT2D eigenvalue weighted by atomic mass is 10.2. The van der Waals surface area contributed by atoms with E-state index in [1.54, 1.807) is 30.1 Å². The lowest BCUT2D eigenvalue weighted by Crippen LogP contribution is -1.99. The van der Waals surface area contributed by atoms with Crippen molar-refractivity contribution in [3.05, 3.63) is 34.4 Å². The molecular formula is C15H15N5O2S. The van der Waals surface area contributed by atoms with Gasteiger partial charge in [-0.1, -0.05) is 0 Å². The molecule has 0 aliphatic heterocycles. The highest BCUT2D eigenvalue weighted by Gasteiger charge is 2.29. The number of aromatic nitrogens is 3. The first-order chi connectivity index (χ1) is 11.2. The van der Waals surface area contributed by atoms with Gasteiger partial charge in [-0.3, -0.25) is 5.10 Å². The van der Waals surface area contributed by atoms with Gasteiger partial charge in [-0.05, 0) is 48.8 Å². The summed E-state index contributed by atoms with van der Waals surface area (Å²) in [6.07, 6.45) is 3.93. The zero-order valence-corrected chi connectivity index (χ0v) is 13.3. The highest BCUT2D eigenvalue weighted by molar-refractivity contribution is 7.71. The number of benzene rings is 1. The second-order valence-corrected chi connectivity index (χ2v) is 5.46. The minimum absolute atomic E-state index is 0.0290. The van der Waals surface area contributed by atoms with E-state index in [4.69, 9.17) is 27.0 Å². The summed E-state index contributed by atoms with van der Waals surface area (Å²) in [4.78, 5) is 0. The van der Waals surface area contributed by atoms with Crippen molar-refractivity contribution >= 4 is 18.4 Å². The molecule has 1 aliphatic carbocycles. The average Bonchev–Trinajstić information content (AvgIpc) is 3.35. The highest BCUT2D eigenvalue weighted by atomic mass is 32.1. The molecule has 8 heteroatoms. The van der Waals surface area contributed by atoms with Gasteiger partial charge in [0.1, 0.15) is 6.07 Å². The molecule has 1 N–H and O–H groups in total. The molecule has 2 aromatic rings. The number of H-pyrrole nitrogens is 1. The van der Waals surface area contributed by atoms with Crippen LogP contribution < -0.4 is 9.47 Å². The number of hydrogen-bond acceptors (Lipinski definition) is 6. The molecule has 3 rings (SSSR count). The smallest absolute Gasteiger partial charge is 0.216 e. The highest BCUT2D eigenvalue weighted by Crippen LogP contribution is 2.38. The molecule has 1 heterocycles. The molecule has 1 saturated carbocycles. The third-order valence-electron chi connectivity index (χ3n) is 3.42. The van der Waals surface area contributed by atoms with Gasteiger partial charge in [-0.25, -0.2) is 0 Å². The van der Waals surface area contributed by atoms with Gasteiger partial charge in [0, 0.05) is 5.92 Å². The van der Waals surface area contributed by atoms with Crippen LogP contribution in [-0.4, -0.2) is 34.8 Å². The van der Waals surface area contributed by atoms with E-state index < -0.39 is 0 Å². The summed E-state index contributed by atoms with van der Waals surface area (Å²) in [6.45, 7) is -0.0290. The largest absolute Gasteiger partial charge is 0.493 e. The summed E-state index contributed by atoms with van der Waals surface area (Å²) in [5, 5.41) is 20.0. The molecule has 23 heavy (non-hydrogen) atoms. The lowest BCUT2D eigenvalue weighted by Gasteiger charge is -2.08. The van der Waals surface area contributed by atoms with Crippen LogP contribution in [0, 0.1) is 16.1 Å². The molecule has 1 aliphatic rings. The molecule has 7 nitrogen and oxygen atoms in total. The number of rotatable bonds is 6. The van der Waals surface area contributed by atoms with Crippen LogP contribution in [0.2, 0.25) is 0 Å². The van der Waals surface area contributed by atoms with E-state index in [1.807, 2.05) is 12.1 Å². The normalized spacial score (nSPS) is 13.9. The number of nitrogens with zero attached hydrogens (tertiary/aromatic N) is 4. The van der Waals surface area contributed by atoms with E-state index in [1.165, 1.54) is 0 Å². The van der Waals surface area contributed by atoms with Crippen LogP contribution in [0.15, 0.2) is 23.3 Å². The molecule has 1 aromatic heterocycles. The molecule has 118 valence electrons. The van der Waals surface area contributed by atoms with Gasteiger partial charge in [0.05, 0.1) is 13.3 Å². The Morgan fingerprint density at radius 3 is 3.04 bits per heavy atom. The van der Waals surface area contributed by atoms with Crippen LogP contribution >= 0.6 is 12.2 Å². The summed E-state index contributed by atoms with van der Waals surface area (Å²) < 4.78 is 12.7. The standard InChI is InChI=1S/C15H15N5O2S/c1-21-13-8-10(2-5-12(13)22-7-6-16)9-17-20-14(11-3-4-11)18-19-15(20)23/h2,5,8-9,11H,3-4,7H2,1H3,(H,19,23)/b17-9-. The summed E-state index contributed by atoms with van der Waals surface area (Å²) in [7, 11) is 1.55. The van der Waals surface area contributed by atoms with Crippen LogP contribution in [-0.2, 0) is 0 Å². The SMILES string of the molecule is COc1cc(/C=N\n2c(C3CC3)n[nH]c2=S)ccc1OCC#N. The van der Waals surface area contributed by atoms with Crippen LogP contribution in [0.25, 0.3) is 0 Å². The van der Waals surface area contributed by atoms with Crippen molar-refractivity contribution in [1.82, 2.24) is 14.9 Å². The van der Waals surface area contributed by atoms with Crippen molar-refractivity contribution in [2.45, 2.75) is 18.8 Å². The molecule has 0 bridgehead atoms. The molecule has 0 radical (unpaired) electrons. The van der Waals surface area contributed by atoms with Crippen LogP contribution in [0.3, 0.4) is 0 Å². The Bertz CT molecular complexity index is 829. The molecule has 0 amide bonds. The van der Waals surface area contributed by atoms with Crippen LogP contribution in [0.1, 0.15) is 30.1 Å². The molecule has 0 atom stereocenters. The maximum atomic E-state index is 8.58. The maximum Gasteiger partial charge on any atom is 0.216 e. The fourth-order valence-electron chi connectivity index (χ4n) is 2.14. The number of nitriles is 1. The number of methoxy groups -OCH3 is 1. The van der Waals surface area contributed by atoms with E-state index in [2.05, 4.69) is 15.3 Å². The topological polar surface area (TPSA) is 88.2 Å². The van der Waals surface area contributed by atoms with Gasteiger partial charge in [0.2, 0.25) is 4.77 Å². The molecule has 1 aromatic carbocycles. The molecular weight excluding hydrogens is 314 g/mol. The fraction of sp³-hybridized carbons (Fsp3) is 0.333. The maximum absolute atomic E-state index is 8.58. The molecule has 0 spiro atoms. The number of hydrogen-bond donors (Lipinski definition) is 1. The van der Waals surface area contributed by atoms with Crippen molar-refractivity contribution in [1.29, 1.82) is 5.26 Å². The van der Waals surface area contributed by atoms with E-state index >= 15 is 0 Å².